The van der Waals surface area contributed by atoms with E-state index in [9.17, 15) is 5.11 Å². The third-order valence-corrected chi connectivity index (χ3v) is 3.86. The van der Waals surface area contributed by atoms with Crippen molar-refractivity contribution in [3.8, 4) is 5.69 Å². The number of hydrogen-bond donors (Lipinski definition) is 1. The molecule has 1 aromatic carbocycles. The van der Waals surface area contributed by atoms with Gasteiger partial charge in [-0.15, -0.1) is 0 Å². The zero-order chi connectivity index (χ0) is 12.6. The van der Waals surface area contributed by atoms with Crippen LogP contribution >= 0.6 is 0 Å². The number of aromatic nitrogens is 2. The fourth-order valence-electron chi connectivity index (χ4n) is 2.93. The minimum atomic E-state index is -0.717. The van der Waals surface area contributed by atoms with E-state index < -0.39 is 5.60 Å². The van der Waals surface area contributed by atoms with Crippen LogP contribution in [0.15, 0.2) is 42.6 Å². The molecule has 0 amide bonds. The number of nitrogens with zero attached hydrogens (tertiary/aromatic N) is 2. The highest BCUT2D eigenvalue weighted by Gasteiger charge is 2.39. The molecule has 2 aromatic rings. The van der Waals surface area contributed by atoms with E-state index >= 15 is 0 Å². The second kappa shape index (κ2) is 4.25. The Morgan fingerprint density at radius 1 is 1.28 bits per heavy atom. The van der Waals surface area contributed by atoms with E-state index in [1.165, 1.54) is 0 Å². The molecule has 0 bridgehead atoms. The van der Waals surface area contributed by atoms with Crippen molar-refractivity contribution in [2.75, 3.05) is 0 Å². The van der Waals surface area contributed by atoms with E-state index in [0.29, 0.717) is 5.92 Å². The van der Waals surface area contributed by atoms with Crippen molar-refractivity contribution >= 4 is 0 Å². The van der Waals surface area contributed by atoms with Crippen LogP contribution < -0.4 is 0 Å². The summed E-state index contributed by atoms with van der Waals surface area (Å²) in [6.45, 7) is 2.20. The zero-order valence-electron chi connectivity index (χ0n) is 10.6. The fourth-order valence-corrected chi connectivity index (χ4v) is 2.93. The molecule has 18 heavy (non-hydrogen) atoms. The van der Waals surface area contributed by atoms with Gasteiger partial charge in [0.2, 0.25) is 0 Å². The maximum atomic E-state index is 10.8. The van der Waals surface area contributed by atoms with Gasteiger partial charge in [-0.1, -0.05) is 25.1 Å². The van der Waals surface area contributed by atoms with Crippen LogP contribution in [0.4, 0.5) is 0 Å². The van der Waals surface area contributed by atoms with Crippen LogP contribution in [0.1, 0.15) is 31.9 Å². The van der Waals surface area contributed by atoms with Gasteiger partial charge in [-0.3, -0.25) is 0 Å². The van der Waals surface area contributed by atoms with E-state index in [1.54, 1.807) is 6.20 Å². The number of rotatable bonds is 2. The lowest BCUT2D eigenvalue weighted by molar-refractivity contribution is 0.0338. The Hall–Kier alpha value is -1.61. The maximum absolute atomic E-state index is 10.8. The van der Waals surface area contributed by atoms with E-state index in [4.69, 9.17) is 0 Å². The van der Waals surface area contributed by atoms with Gasteiger partial charge >= 0.3 is 0 Å². The van der Waals surface area contributed by atoms with E-state index in [2.05, 4.69) is 12.0 Å². The molecule has 1 aliphatic carbocycles. The summed E-state index contributed by atoms with van der Waals surface area (Å²) in [5.74, 6) is 0.578. The van der Waals surface area contributed by atoms with Crippen LogP contribution in [0.5, 0.6) is 0 Å². The van der Waals surface area contributed by atoms with Crippen molar-refractivity contribution in [3.63, 3.8) is 0 Å². The zero-order valence-corrected chi connectivity index (χ0v) is 10.6. The third kappa shape index (κ3) is 1.85. The first-order valence-electron chi connectivity index (χ1n) is 6.51. The average molecular weight is 242 g/mol. The van der Waals surface area contributed by atoms with Gasteiger partial charge in [0.25, 0.3) is 0 Å². The lowest BCUT2D eigenvalue weighted by atomic mass is 9.96. The molecule has 3 nitrogen and oxygen atoms in total. The Bertz CT molecular complexity index is 534. The topological polar surface area (TPSA) is 38.1 Å². The summed E-state index contributed by atoms with van der Waals surface area (Å²) in [7, 11) is 0. The third-order valence-electron chi connectivity index (χ3n) is 3.86. The summed E-state index contributed by atoms with van der Waals surface area (Å²) < 4.78 is 1.86. The highest BCUT2D eigenvalue weighted by molar-refractivity contribution is 5.34. The summed E-state index contributed by atoms with van der Waals surface area (Å²) in [5, 5.41) is 15.2. The summed E-state index contributed by atoms with van der Waals surface area (Å²) in [5.41, 5.74) is 1.20. The maximum Gasteiger partial charge on any atom is 0.107 e. The monoisotopic (exact) mass is 242 g/mol. The average Bonchev–Trinajstić information content (AvgIpc) is 2.98. The molecule has 0 aliphatic heterocycles. The van der Waals surface area contributed by atoms with Crippen molar-refractivity contribution in [1.29, 1.82) is 0 Å². The largest absolute Gasteiger partial charge is 0.384 e. The summed E-state index contributed by atoms with van der Waals surface area (Å²) in [6.07, 6.45) is 4.50. The number of para-hydroxylation sites is 1. The fraction of sp³-hybridized carbons (Fsp3) is 0.400. The molecule has 1 fully saturated rings. The van der Waals surface area contributed by atoms with Crippen molar-refractivity contribution in [1.82, 2.24) is 9.78 Å². The van der Waals surface area contributed by atoms with E-state index in [1.807, 2.05) is 41.1 Å². The first kappa shape index (κ1) is 11.5. The molecule has 3 heteroatoms. The Kier molecular flexibility index (Phi) is 2.71. The quantitative estimate of drug-likeness (QED) is 0.879. The van der Waals surface area contributed by atoms with Crippen LogP contribution in [0.2, 0.25) is 0 Å². The summed E-state index contributed by atoms with van der Waals surface area (Å²) in [4.78, 5) is 0. The SMILES string of the molecule is CC1CCC(O)(c2ccnn2-c2ccccc2)C1. The minimum absolute atomic E-state index is 0.578. The number of aliphatic hydroxyl groups is 1. The van der Waals surface area contributed by atoms with Crippen LogP contribution in [0.25, 0.3) is 5.69 Å². The molecular formula is C15H18N2O. The van der Waals surface area contributed by atoms with Crippen LogP contribution in [0.3, 0.4) is 0 Å². The number of hydrogen-bond acceptors (Lipinski definition) is 2. The van der Waals surface area contributed by atoms with Gasteiger partial charge in [0.15, 0.2) is 0 Å². The van der Waals surface area contributed by atoms with Gasteiger partial charge in [-0.25, -0.2) is 4.68 Å². The van der Waals surface area contributed by atoms with E-state index in [-0.39, 0.29) is 0 Å². The Labute approximate surface area is 107 Å². The Morgan fingerprint density at radius 2 is 2.06 bits per heavy atom. The molecule has 1 aliphatic rings. The second-order valence-corrected chi connectivity index (χ2v) is 5.34. The minimum Gasteiger partial charge on any atom is -0.384 e. The molecule has 2 unspecified atom stereocenters. The van der Waals surface area contributed by atoms with Gasteiger partial charge in [-0.05, 0) is 43.4 Å². The summed E-state index contributed by atoms with van der Waals surface area (Å²) in [6, 6.07) is 11.9. The normalized spacial score (nSPS) is 27.6. The first-order chi connectivity index (χ1) is 8.69. The highest BCUT2D eigenvalue weighted by atomic mass is 16.3. The lowest BCUT2D eigenvalue weighted by Gasteiger charge is -2.23. The predicted octanol–water partition coefficient (Wildman–Crippen LogP) is 2.88. The molecule has 1 N–H and O–H groups in total. The molecule has 1 aromatic heterocycles. The molecule has 2 atom stereocenters. The van der Waals surface area contributed by atoms with Crippen molar-refractivity contribution < 1.29 is 5.11 Å². The molecule has 0 saturated heterocycles. The van der Waals surface area contributed by atoms with Crippen molar-refractivity contribution in [2.45, 2.75) is 31.8 Å². The lowest BCUT2D eigenvalue weighted by Crippen LogP contribution is -2.25. The number of benzene rings is 1. The Balaban J connectivity index is 2.02. The van der Waals surface area contributed by atoms with Crippen molar-refractivity contribution in [2.24, 2.45) is 5.92 Å². The standard InChI is InChI=1S/C15H18N2O/c1-12-7-9-15(18,11-12)14-8-10-16-17(14)13-5-3-2-4-6-13/h2-6,8,10,12,18H,7,9,11H2,1H3. The Morgan fingerprint density at radius 3 is 2.72 bits per heavy atom. The smallest absolute Gasteiger partial charge is 0.107 e. The van der Waals surface area contributed by atoms with Gasteiger partial charge < -0.3 is 5.11 Å². The van der Waals surface area contributed by atoms with E-state index in [0.717, 1.165) is 30.6 Å². The predicted molar refractivity (Wildman–Crippen MR) is 70.5 cm³/mol. The molecule has 3 rings (SSSR count). The molecule has 1 saturated carbocycles. The van der Waals surface area contributed by atoms with Crippen LogP contribution in [-0.4, -0.2) is 14.9 Å². The highest BCUT2D eigenvalue weighted by Crippen LogP contribution is 2.42. The van der Waals surface area contributed by atoms with Crippen LogP contribution in [0, 0.1) is 5.92 Å². The van der Waals surface area contributed by atoms with Gasteiger partial charge in [0, 0.05) is 6.20 Å². The van der Waals surface area contributed by atoms with Gasteiger partial charge in [0.05, 0.1) is 11.4 Å². The molecular weight excluding hydrogens is 224 g/mol. The molecule has 1 heterocycles. The second-order valence-electron chi connectivity index (χ2n) is 5.34. The molecule has 94 valence electrons. The van der Waals surface area contributed by atoms with Gasteiger partial charge in [0.1, 0.15) is 5.60 Å². The first-order valence-corrected chi connectivity index (χ1v) is 6.51. The molecule has 0 spiro atoms. The van der Waals surface area contributed by atoms with Crippen LogP contribution in [-0.2, 0) is 5.60 Å². The molecule has 0 radical (unpaired) electrons. The van der Waals surface area contributed by atoms with Crippen molar-refractivity contribution in [3.05, 3.63) is 48.3 Å². The van der Waals surface area contributed by atoms with Gasteiger partial charge in [-0.2, -0.15) is 5.10 Å². The summed E-state index contributed by atoms with van der Waals surface area (Å²) >= 11 is 0.